The molecule has 0 N–H and O–H groups in total. The first-order valence-corrected chi connectivity index (χ1v) is 9.02. The summed E-state index contributed by atoms with van der Waals surface area (Å²) in [5, 5.41) is 14.0. The number of rotatable bonds is 4. The van der Waals surface area contributed by atoms with E-state index in [0.717, 1.165) is 22.1 Å². The first kappa shape index (κ1) is 15.8. The molecule has 0 saturated carbocycles. The summed E-state index contributed by atoms with van der Waals surface area (Å²) in [4.78, 5) is 4.35. The Morgan fingerprint density at radius 1 is 1.00 bits per heavy atom. The van der Waals surface area contributed by atoms with Crippen molar-refractivity contribution >= 4 is 17.4 Å². The number of aromatic nitrogens is 5. The molecule has 25 heavy (non-hydrogen) atoms. The van der Waals surface area contributed by atoms with Crippen LogP contribution < -0.4 is 0 Å². The summed E-state index contributed by atoms with van der Waals surface area (Å²) in [5.74, 6) is 1.54. The lowest BCUT2D eigenvalue weighted by molar-refractivity contribution is 0.857. The Bertz CT molecular complexity index is 1030. The van der Waals surface area contributed by atoms with E-state index in [1.807, 2.05) is 30.3 Å². The summed E-state index contributed by atoms with van der Waals surface area (Å²) < 4.78 is 1.76. The van der Waals surface area contributed by atoms with Crippen LogP contribution in [0.2, 0.25) is 0 Å². The number of aryl methyl sites for hydroxylation is 2. The third kappa shape index (κ3) is 3.25. The third-order valence-electron chi connectivity index (χ3n) is 4.01. The molecule has 0 amide bonds. The molecule has 3 aromatic heterocycles. The Morgan fingerprint density at radius 3 is 2.76 bits per heavy atom. The summed E-state index contributed by atoms with van der Waals surface area (Å²) in [6, 6.07) is 16.2. The predicted molar refractivity (Wildman–Crippen MR) is 99.5 cm³/mol. The van der Waals surface area contributed by atoms with Gasteiger partial charge in [0.25, 0.3) is 0 Å². The van der Waals surface area contributed by atoms with Crippen LogP contribution in [-0.4, -0.2) is 24.8 Å². The first-order chi connectivity index (χ1) is 12.2. The lowest BCUT2D eigenvalue weighted by Gasteiger charge is -2.07. The van der Waals surface area contributed by atoms with Crippen molar-refractivity contribution in [3.05, 3.63) is 71.4 Å². The van der Waals surface area contributed by atoms with Crippen LogP contribution in [0.3, 0.4) is 0 Å². The zero-order valence-corrected chi connectivity index (χ0v) is 14.9. The monoisotopic (exact) mass is 347 g/mol. The van der Waals surface area contributed by atoms with Crippen LogP contribution in [0.25, 0.3) is 17.2 Å². The molecule has 6 heteroatoms. The van der Waals surface area contributed by atoms with Gasteiger partial charge in [0.1, 0.15) is 10.7 Å². The van der Waals surface area contributed by atoms with Crippen LogP contribution >= 0.6 is 11.8 Å². The highest BCUT2D eigenvalue weighted by Gasteiger charge is 2.11. The van der Waals surface area contributed by atoms with Gasteiger partial charge in [-0.05, 0) is 49.2 Å². The summed E-state index contributed by atoms with van der Waals surface area (Å²) in [7, 11) is 0. The highest BCUT2D eigenvalue weighted by Crippen LogP contribution is 2.24. The SMILES string of the molecule is Cc1ccc(C)c(CSc2ccc3nnc(-c4ccccn4)n3n2)c1. The number of benzene rings is 1. The van der Waals surface area contributed by atoms with Gasteiger partial charge in [-0.1, -0.05) is 41.6 Å². The molecule has 0 aliphatic carbocycles. The molecule has 0 atom stereocenters. The summed E-state index contributed by atoms with van der Waals surface area (Å²) in [6.07, 6.45) is 1.75. The quantitative estimate of drug-likeness (QED) is 0.520. The maximum atomic E-state index is 4.69. The van der Waals surface area contributed by atoms with E-state index in [-0.39, 0.29) is 0 Å². The number of pyridine rings is 1. The Morgan fingerprint density at radius 2 is 1.92 bits per heavy atom. The molecule has 0 aliphatic heterocycles. The van der Waals surface area contributed by atoms with Crippen LogP contribution in [0, 0.1) is 13.8 Å². The fraction of sp³-hybridized carbons (Fsp3) is 0.158. The summed E-state index contributed by atoms with van der Waals surface area (Å²) in [6.45, 7) is 4.26. The summed E-state index contributed by atoms with van der Waals surface area (Å²) in [5.41, 5.74) is 5.40. The van der Waals surface area contributed by atoms with E-state index in [4.69, 9.17) is 5.10 Å². The van der Waals surface area contributed by atoms with Crippen LogP contribution in [0.5, 0.6) is 0 Å². The van der Waals surface area contributed by atoms with Gasteiger partial charge in [0.2, 0.25) is 5.82 Å². The van der Waals surface area contributed by atoms with Gasteiger partial charge in [0.05, 0.1) is 0 Å². The topological polar surface area (TPSA) is 56.0 Å². The van der Waals surface area contributed by atoms with Gasteiger partial charge in [-0.15, -0.1) is 10.2 Å². The molecular weight excluding hydrogens is 330 g/mol. The van der Waals surface area contributed by atoms with Crippen molar-refractivity contribution in [2.75, 3.05) is 0 Å². The number of hydrogen-bond donors (Lipinski definition) is 0. The molecule has 5 nitrogen and oxygen atoms in total. The third-order valence-corrected chi connectivity index (χ3v) is 4.98. The van der Waals surface area contributed by atoms with Crippen LogP contribution in [-0.2, 0) is 5.75 Å². The van der Waals surface area contributed by atoms with Crippen molar-refractivity contribution in [2.45, 2.75) is 24.6 Å². The minimum atomic E-state index is 0.657. The predicted octanol–water partition coefficient (Wildman–Crippen LogP) is 4.10. The average Bonchev–Trinajstić information content (AvgIpc) is 3.06. The van der Waals surface area contributed by atoms with Gasteiger partial charge in [-0.2, -0.15) is 9.61 Å². The van der Waals surface area contributed by atoms with E-state index in [2.05, 4.69) is 47.2 Å². The van der Waals surface area contributed by atoms with E-state index in [1.165, 1.54) is 16.7 Å². The van der Waals surface area contributed by atoms with Crippen molar-refractivity contribution in [2.24, 2.45) is 0 Å². The number of fused-ring (bicyclic) bond motifs is 1. The lowest BCUT2D eigenvalue weighted by atomic mass is 10.1. The highest BCUT2D eigenvalue weighted by atomic mass is 32.2. The van der Waals surface area contributed by atoms with Crippen molar-refractivity contribution in [3.63, 3.8) is 0 Å². The second kappa shape index (κ2) is 6.64. The minimum Gasteiger partial charge on any atom is -0.253 e. The Kier molecular flexibility index (Phi) is 4.19. The molecule has 0 saturated heterocycles. The van der Waals surface area contributed by atoms with E-state index < -0.39 is 0 Å². The molecule has 0 spiro atoms. The standard InChI is InChI=1S/C19H17N5S/c1-13-6-7-14(2)15(11-13)12-25-18-9-8-17-21-22-19(24(17)23-18)16-5-3-4-10-20-16/h3-11H,12H2,1-2H3. The molecule has 3 heterocycles. The van der Waals surface area contributed by atoms with Crippen LogP contribution in [0.1, 0.15) is 16.7 Å². The van der Waals surface area contributed by atoms with Crippen LogP contribution in [0.15, 0.2) is 59.8 Å². The number of nitrogens with zero attached hydrogens (tertiary/aromatic N) is 5. The Balaban J connectivity index is 1.64. The molecule has 0 fully saturated rings. The molecule has 0 bridgehead atoms. The van der Waals surface area contributed by atoms with Crippen molar-refractivity contribution in [1.29, 1.82) is 0 Å². The van der Waals surface area contributed by atoms with E-state index in [0.29, 0.717) is 5.82 Å². The minimum absolute atomic E-state index is 0.657. The van der Waals surface area contributed by atoms with Crippen LogP contribution in [0.4, 0.5) is 0 Å². The molecule has 0 unspecified atom stereocenters. The number of thioether (sulfide) groups is 1. The van der Waals surface area contributed by atoms with Crippen molar-refractivity contribution < 1.29 is 0 Å². The zero-order valence-electron chi connectivity index (χ0n) is 14.0. The van der Waals surface area contributed by atoms with Gasteiger partial charge in [0, 0.05) is 11.9 Å². The molecule has 0 aliphatic rings. The van der Waals surface area contributed by atoms with Crippen molar-refractivity contribution in [1.82, 2.24) is 24.8 Å². The van der Waals surface area contributed by atoms with Crippen molar-refractivity contribution in [3.8, 4) is 11.5 Å². The Labute approximate surface area is 150 Å². The van der Waals surface area contributed by atoms with Gasteiger partial charge in [-0.3, -0.25) is 4.98 Å². The molecule has 1 aromatic carbocycles. The molecule has 4 aromatic rings. The zero-order chi connectivity index (χ0) is 17.2. The van der Waals surface area contributed by atoms with E-state index >= 15 is 0 Å². The lowest BCUT2D eigenvalue weighted by Crippen LogP contribution is -1.98. The molecular formula is C19H17N5S. The second-order valence-electron chi connectivity index (χ2n) is 5.90. The fourth-order valence-corrected chi connectivity index (χ4v) is 3.53. The normalized spacial score (nSPS) is 11.1. The van der Waals surface area contributed by atoms with E-state index in [1.54, 1.807) is 22.5 Å². The Hall–Kier alpha value is -2.73. The smallest absolute Gasteiger partial charge is 0.203 e. The largest absolute Gasteiger partial charge is 0.253 e. The average molecular weight is 347 g/mol. The molecule has 0 radical (unpaired) electrons. The second-order valence-corrected chi connectivity index (χ2v) is 6.89. The maximum Gasteiger partial charge on any atom is 0.203 e. The van der Waals surface area contributed by atoms with Gasteiger partial charge >= 0.3 is 0 Å². The van der Waals surface area contributed by atoms with E-state index in [9.17, 15) is 0 Å². The molecule has 4 rings (SSSR count). The fourth-order valence-electron chi connectivity index (χ4n) is 2.61. The van der Waals surface area contributed by atoms with Gasteiger partial charge < -0.3 is 0 Å². The first-order valence-electron chi connectivity index (χ1n) is 8.03. The maximum absolute atomic E-state index is 4.69. The summed E-state index contributed by atoms with van der Waals surface area (Å²) >= 11 is 1.71. The van der Waals surface area contributed by atoms with Gasteiger partial charge in [0.15, 0.2) is 5.65 Å². The highest BCUT2D eigenvalue weighted by molar-refractivity contribution is 7.98. The van der Waals surface area contributed by atoms with Gasteiger partial charge in [-0.25, -0.2) is 0 Å². The molecule has 124 valence electrons. The number of hydrogen-bond acceptors (Lipinski definition) is 5.